The second kappa shape index (κ2) is 5.83. The molecule has 0 fully saturated rings. The minimum atomic E-state index is 0.365. The fourth-order valence-corrected chi connectivity index (χ4v) is 2.35. The lowest BCUT2D eigenvalue weighted by atomic mass is 10.0. The van der Waals surface area contributed by atoms with Crippen molar-refractivity contribution >= 4 is 0 Å². The Balaban J connectivity index is 1.95. The molecule has 3 heteroatoms. The fraction of sp³-hybridized carbons (Fsp3) is 0.400. The zero-order valence-electron chi connectivity index (χ0n) is 11.3. The van der Waals surface area contributed by atoms with Crippen LogP contribution in [0.15, 0.2) is 43.0 Å². The molecule has 96 valence electrons. The van der Waals surface area contributed by atoms with Gasteiger partial charge in [-0.1, -0.05) is 24.3 Å². The molecule has 0 saturated carbocycles. The summed E-state index contributed by atoms with van der Waals surface area (Å²) in [7, 11) is 0. The van der Waals surface area contributed by atoms with E-state index in [0.29, 0.717) is 12.1 Å². The minimum absolute atomic E-state index is 0.365. The summed E-state index contributed by atoms with van der Waals surface area (Å²) in [4.78, 5) is 4.06. The molecule has 2 aromatic rings. The van der Waals surface area contributed by atoms with Crippen LogP contribution in [-0.4, -0.2) is 15.6 Å². The Hall–Kier alpha value is -1.61. The van der Waals surface area contributed by atoms with E-state index in [4.69, 9.17) is 0 Å². The Kier molecular flexibility index (Phi) is 4.15. The molecule has 1 heterocycles. The molecule has 0 amide bonds. The first-order valence-corrected chi connectivity index (χ1v) is 6.44. The molecule has 1 aromatic heterocycles. The Morgan fingerprint density at radius 3 is 2.72 bits per heavy atom. The first kappa shape index (κ1) is 12.8. The molecule has 1 aromatic carbocycles. The first-order valence-electron chi connectivity index (χ1n) is 6.44. The summed E-state index contributed by atoms with van der Waals surface area (Å²) in [6.45, 7) is 7.52. The maximum absolute atomic E-state index is 4.06. The van der Waals surface area contributed by atoms with Gasteiger partial charge in [-0.3, -0.25) is 0 Å². The Labute approximate surface area is 109 Å². The number of nitrogens with zero attached hydrogens (tertiary/aromatic N) is 2. The van der Waals surface area contributed by atoms with Crippen LogP contribution >= 0.6 is 0 Å². The van der Waals surface area contributed by atoms with Crippen molar-refractivity contribution in [1.82, 2.24) is 14.9 Å². The van der Waals surface area contributed by atoms with Crippen molar-refractivity contribution < 1.29 is 0 Å². The van der Waals surface area contributed by atoms with Crippen LogP contribution in [0.2, 0.25) is 0 Å². The first-order chi connectivity index (χ1) is 8.66. The molecule has 2 rings (SSSR count). The second-order valence-corrected chi connectivity index (χ2v) is 4.91. The van der Waals surface area contributed by atoms with Gasteiger partial charge in [-0.15, -0.1) is 0 Å². The molecule has 0 aliphatic heterocycles. The van der Waals surface area contributed by atoms with E-state index in [0.717, 1.165) is 6.54 Å². The predicted molar refractivity (Wildman–Crippen MR) is 74.4 cm³/mol. The van der Waals surface area contributed by atoms with Gasteiger partial charge in [0.05, 0.1) is 6.33 Å². The van der Waals surface area contributed by atoms with Gasteiger partial charge in [0.1, 0.15) is 0 Å². The van der Waals surface area contributed by atoms with Crippen molar-refractivity contribution in [3.8, 4) is 0 Å². The zero-order valence-corrected chi connectivity index (χ0v) is 11.3. The molecule has 18 heavy (non-hydrogen) atoms. The maximum Gasteiger partial charge on any atom is 0.0946 e. The molecule has 0 aliphatic rings. The van der Waals surface area contributed by atoms with E-state index in [9.17, 15) is 0 Å². The van der Waals surface area contributed by atoms with E-state index in [2.05, 4.69) is 59.9 Å². The molecule has 0 radical (unpaired) electrons. The number of hydrogen-bond donors (Lipinski definition) is 1. The van der Waals surface area contributed by atoms with Gasteiger partial charge >= 0.3 is 0 Å². The second-order valence-electron chi connectivity index (χ2n) is 4.91. The summed E-state index contributed by atoms with van der Waals surface area (Å²) in [6, 6.07) is 9.31. The van der Waals surface area contributed by atoms with Crippen LogP contribution in [0.1, 0.15) is 31.0 Å². The number of nitrogens with one attached hydrogen (secondary N) is 1. The molecular weight excluding hydrogens is 222 g/mol. The van der Waals surface area contributed by atoms with E-state index in [1.165, 1.54) is 11.1 Å². The zero-order chi connectivity index (χ0) is 13.0. The lowest BCUT2D eigenvalue weighted by molar-refractivity contribution is 0.429. The van der Waals surface area contributed by atoms with E-state index in [1.54, 1.807) is 0 Å². The van der Waals surface area contributed by atoms with Gasteiger partial charge in [0.15, 0.2) is 0 Å². The third kappa shape index (κ3) is 3.20. The van der Waals surface area contributed by atoms with E-state index in [-0.39, 0.29) is 0 Å². The Bertz CT molecular complexity index is 476. The van der Waals surface area contributed by atoms with E-state index in [1.807, 2.05) is 18.7 Å². The van der Waals surface area contributed by atoms with Gasteiger partial charge in [-0.2, -0.15) is 0 Å². The molecule has 1 N–H and O–H groups in total. The van der Waals surface area contributed by atoms with Crippen molar-refractivity contribution in [3.05, 3.63) is 54.1 Å². The van der Waals surface area contributed by atoms with Crippen LogP contribution in [-0.2, 0) is 6.54 Å². The third-order valence-corrected chi connectivity index (χ3v) is 3.23. The smallest absolute Gasteiger partial charge is 0.0946 e. The van der Waals surface area contributed by atoms with Gasteiger partial charge in [0.2, 0.25) is 0 Å². The lowest BCUT2D eigenvalue weighted by Gasteiger charge is -2.22. The minimum Gasteiger partial charge on any atom is -0.336 e. The quantitative estimate of drug-likeness (QED) is 0.875. The van der Waals surface area contributed by atoms with Gasteiger partial charge < -0.3 is 9.88 Å². The number of rotatable bonds is 5. The Morgan fingerprint density at radius 2 is 2.06 bits per heavy atom. The molecule has 2 atom stereocenters. The topological polar surface area (TPSA) is 29.9 Å². The van der Waals surface area contributed by atoms with Crippen molar-refractivity contribution in [1.29, 1.82) is 0 Å². The SMILES string of the molecule is Cc1ccccc1C(C)NC(C)Cn1ccnc1. The summed E-state index contributed by atoms with van der Waals surface area (Å²) in [6.07, 6.45) is 5.67. The van der Waals surface area contributed by atoms with Gasteiger partial charge in [0, 0.05) is 31.0 Å². The molecule has 0 saturated heterocycles. The van der Waals surface area contributed by atoms with Crippen molar-refractivity contribution in [3.63, 3.8) is 0 Å². The monoisotopic (exact) mass is 243 g/mol. The number of hydrogen-bond acceptors (Lipinski definition) is 2. The van der Waals surface area contributed by atoms with Gasteiger partial charge in [-0.25, -0.2) is 4.98 Å². The Morgan fingerprint density at radius 1 is 1.28 bits per heavy atom. The van der Waals surface area contributed by atoms with Gasteiger partial charge in [0.25, 0.3) is 0 Å². The highest BCUT2D eigenvalue weighted by atomic mass is 15.1. The highest BCUT2D eigenvalue weighted by Gasteiger charge is 2.11. The highest BCUT2D eigenvalue weighted by molar-refractivity contribution is 5.28. The van der Waals surface area contributed by atoms with E-state index >= 15 is 0 Å². The van der Waals surface area contributed by atoms with E-state index < -0.39 is 0 Å². The third-order valence-electron chi connectivity index (χ3n) is 3.23. The van der Waals surface area contributed by atoms with Gasteiger partial charge in [-0.05, 0) is 31.9 Å². The predicted octanol–water partition coefficient (Wildman–Crippen LogP) is 2.93. The number of aryl methyl sites for hydroxylation is 1. The number of aromatic nitrogens is 2. The van der Waals surface area contributed by atoms with Crippen molar-refractivity contribution in [2.75, 3.05) is 0 Å². The molecule has 0 bridgehead atoms. The molecular formula is C15H21N3. The van der Waals surface area contributed by atoms with Crippen LogP contribution in [0.25, 0.3) is 0 Å². The van der Waals surface area contributed by atoms with Crippen LogP contribution in [0.5, 0.6) is 0 Å². The summed E-state index contributed by atoms with van der Waals surface area (Å²) >= 11 is 0. The summed E-state index contributed by atoms with van der Waals surface area (Å²) in [5, 5.41) is 3.63. The van der Waals surface area contributed by atoms with Crippen LogP contribution in [0.4, 0.5) is 0 Å². The largest absolute Gasteiger partial charge is 0.336 e. The average molecular weight is 243 g/mol. The molecule has 0 spiro atoms. The highest BCUT2D eigenvalue weighted by Crippen LogP contribution is 2.17. The normalized spacial score (nSPS) is 14.4. The fourth-order valence-electron chi connectivity index (χ4n) is 2.35. The van der Waals surface area contributed by atoms with Crippen LogP contribution in [0, 0.1) is 6.92 Å². The maximum atomic E-state index is 4.06. The lowest BCUT2D eigenvalue weighted by Crippen LogP contribution is -2.32. The van der Waals surface area contributed by atoms with Crippen LogP contribution < -0.4 is 5.32 Å². The summed E-state index contributed by atoms with van der Waals surface area (Å²) in [5.74, 6) is 0. The van der Waals surface area contributed by atoms with Crippen molar-refractivity contribution in [2.24, 2.45) is 0 Å². The molecule has 0 aliphatic carbocycles. The van der Waals surface area contributed by atoms with Crippen LogP contribution in [0.3, 0.4) is 0 Å². The molecule has 3 nitrogen and oxygen atoms in total. The standard InChI is InChI=1S/C15H21N3/c1-12-6-4-5-7-15(12)14(3)17-13(2)10-18-9-8-16-11-18/h4-9,11,13-14,17H,10H2,1-3H3. The summed E-state index contributed by atoms with van der Waals surface area (Å²) in [5.41, 5.74) is 2.71. The summed E-state index contributed by atoms with van der Waals surface area (Å²) < 4.78 is 2.10. The van der Waals surface area contributed by atoms with Crippen molar-refractivity contribution in [2.45, 2.75) is 39.4 Å². The number of imidazole rings is 1. The number of benzene rings is 1. The average Bonchev–Trinajstić information content (AvgIpc) is 2.82. The molecule has 2 unspecified atom stereocenters.